The zero-order chi connectivity index (χ0) is 22.6. The molecule has 0 aliphatic carbocycles. The van der Waals surface area contributed by atoms with Gasteiger partial charge in [0.2, 0.25) is 0 Å². The highest BCUT2D eigenvalue weighted by Gasteiger charge is 2.20. The van der Waals surface area contributed by atoms with Gasteiger partial charge < -0.3 is 5.32 Å². The minimum atomic E-state index is -4.14. The molecule has 2 N–H and O–H groups in total. The molecule has 1 amide bonds. The molecule has 0 aromatic heterocycles. The number of benzene rings is 3. The molecule has 160 valence electrons. The Morgan fingerprint density at radius 2 is 1.68 bits per heavy atom. The molecular weight excluding hydrogens is 449 g/mol. The van der Waals surface area contributed by atoms with Gasteiger partial charge in [0, 0.05) is 29.9 Å². The Balaban J connectivity index is 1.75. The van der Waals surface area contributed by atoms with Crippen molar-refractivity contribution in [1.82, 2.24) is 5.32 Å². The summed E-state index contributed by atoms with van der Waals surface area (Å²) in [6.45, 7) is 0.0787. The molecule has 0 aliphatic heterocycles. The predicted molar refractivity (Wildman–Crippen MR) is 113 cm³/mol. The molecule has 0 fully saturated rings. The van der Waals surface area contributed by atoms with Crippen molar-refractivity contribution in [3.05, 3.63) is 98.8 Å². The summed E-state index contributed by atoms with van der Waals surface area (Å²) in [5, 5.41) is 13.2. The van der Waals surface area contributed by atoms with Crippen molar-refractivity contribution in [3.8, 4) is 0 Å². The number of nitro benzene ring substituents is 1. The minimum Gasteiger partial charge on any atom is -0.348 e. The molecule has 0 atom stereocenters. The molecule has 0 aliphatic rings. The van der Waals surface area contributed by atoms with E-state index in [1.165, 1.54) is 48.5 Å². The molecule has 3 rings (SSSR count). The smallest absolute Gasteiger partial charge is 0.269 e. The van der Waals surface area contributed by atoms with E-state index in [4.69, 9.17) is 11.6 Å². The van der Waals surface area contributed by atoms with Gasteiger partial charge in [0.05, 0.1) is 9.95 Å². The Kier molecular flexibility index (Phi) is 6.52. The lowest BCUT2D eigenvalue weighted by molar-refractivity contribution is -0.384. The van der Waals surface area contributed by atoms with Crippen molar-refractivity contribution >= 4 is 38.9 Å². The van der Waals surface area contributed by atoms with Crippen LogP contribution in [-0.2, 0) is 16.6 Å². The maximum atomic E-state index is 13.0. The lowest BCUT2D eigenvalue weighted by atomic mass is 10.2. The third kappa shape index (κ3) is 5.56. The summed E-state index contributed by atoms with van der Waals surface area (Å²) in [6.07, 6.45) is 0. The van der Waals surface area contributed by atoms with Crippen LogP contribution in [-0.4, -0.2) is 19.2 Å². The first-order chi connectivity index (χ1) is 14.7. The topological polar surface area (TPSA) is 118 Å². The van der Waals surface area contributed by atoms with Crippen LogP contribution in [0.25, 0.3) is 0 Å². The molecule has 0 saturated carbocycles. The van der Waals surface area contributed by atoms with Gasteiger partial charge >= 0.3 is 0 Å². The molecule has 3 aromatic carbocycles. The van der Waals surface area contributed by atoms with Crippen LogP contribution in [0.1, 0.15) is 15.9 Å². The Morgan fingerprint density at radius 1 is 1.03 bits per heavy atom. The molecule has 0 radical (unpaired) electrons. The fourth-order valence-electron chi connectivity index (χ4n) is 2.60. The zero-order valence-corrected chi connectivity index (χ0v) is 17.3. The minimum absolute atomic E-state index is 0.0470. The Morgan fingerprint density at radius 3 is 2.29 bits per heavy atom. The second-order valence-electron chi connectivity index (χ2n) is 6.36. The molecule has 11 heteroatoms. The number of carbonyl (C=O) groups excluding carboxylic acids is 1. The molecular formula is C20H15ClFN3O5S. The lowest BCUT2D eigenvalue weighted by Gasteiger charge is -2.11. The van der Waals surface area contributed by atoms with Gasteiger partial charge in [-0.2, -0.15) is 0 Å². The quantitative estimate of drug-likeness (QED) is 0.403. The second-order valence-corrected chi connectivity index (χ2v) is 8.42. The zero-order valence-electron chi connectivity index (χ0n) is 15.7. The lowest BCUT2D eigenvalue weighted by Crippen LogP contribution is -2.23. The summed E-state index contributed by atoms with van der Waals surface area (Å²) in [6, 6.07) is 14.1. The normalized spacial score (nSPS) is 11.0. The second kappa shape index (κ2) is 9.11. The molecule has 0 spiro atoms. The van der Waals surface area contributed by atoms with E-state index < -0.39 is 26.7 Å². The van der Waals surface area contributed by atoms with Crippen LogP contribution in [0.4, 0.5) is 15.8 Å². The van der Waals surface area contributed by atoms with Crippen molar-refractivity contribution in [2.45, 2.75) is 11.4 Å². The molecule has 31 heavy (non-hydrogen) atoms. The number of anilines is 1. The monoisotopic (exact) mass is 463 g/mol. The number of hydrogen-bond donors (Lipinski definition) is 2. The summed E-state index contributed by atoms with van der Waals surface area (Å²) in [7, 11) is -4.14. The van der Waals surface area contributed by atoms with Gasteiger partial charge in [-0.3, -0.25) is 19.6 Å². The number of nitro groups is 1. The number of nitrogens with zero attached hydrogens (tertiary/aromatic N) is 1. The SMILES string of the molecule is O=C(NCc1ccc([N+](=O)[O-])cc1)c1ccc(Cl)c(S(=O)(=O)Nc2ccc(F)cc2)c1. The number of hydrogen-bond acceptors (Lipinski definition) is 5. The van der Waals surface area contributed by atoms with Crippen molar-refractivity contribution in [2.24, 2.45) is 0 Å². The van der Waals surface area contributed by atoms with E-state index in [9.17, 15) is 27.7 Å². The summed E-state index contributed by atoms with van der Waals surface area (Å²) < 4.78 is 40.6. The number of sulfonamides is 1. The van der Waals surface area contributed by atoms with E-state index in [0.29, 0.717) is 5.56 Å². The molecule has 0 unspecified atom stereocenters. The highest BCUT2D eigenvalue weighted by Crippen LogP contribution is 2.25. The fraction of sp³-hybridized carbons (Fsp3) is 0.0500. The van der Waals surface area contributed by atoms with Crippen LogP contribution >= 0.6 is 11.6 Å². The molecule has 0 saturated heterocycles. The third-order valence-corrected chi connectivity index (χ3v) is 6.04. The van der Waals surface area contributed by atoms with Crippen LogP contribution in [0.5, 0.6) is 0 Å². The van der Waals surface area contributed by atoms with Gasteiger partial charge in [-0.15, -0.1) is 0 Å². The maximum absolute atomic E-state index is 13.0. The number of rotatable bonds is 7. The third-order valence-electron chi connectivity index (χ3n) is 4.18. The predicted octanol–water partition coefficient (Wildman–Crippen LogP) is 4.12. The van der Waals surface area contributed by atoms with Crippen molar-refractivity contribution in [3.63, 3.8) is 0 Å². The van der Waals surface area contributed by atoms with Gasteiger partial charge in [-0.25, -0.2) is 12.8 Å². The number of non-ortho nitro benzene ring substituents is 1. The van der Waals surface area contributed by atoms with Crippen LogP contribution in [0.3, 0.4) is 0 Å². The van der Waals surface area contributed by atoms with E-state index in [1.807, 2.05) is 0 Å². The van der Waals surface area contributed by atoms with E-state index >= 15 is 0 Å². The fourth-order valence-corrected chi connectivity index (χ4v) is 4.18. The average Bonchev–Trinajstić information content (AvgIpc) is 2.74. The highest BCUT2D eigenvalue weighted by atomic mass is 35.5. The standard InChI is InChI=1S/C20H15ClFN3O5S/c21-18-10-3-14(20(26)23-12-13-1-8-17(9-2-13)25(27)28)11-19(18)31(29,30)24-16-6-4-15(22)5-7-16/h1-11,24H,12H2,(H,23,26). The summed E-state index contributed by atoms with van der Waals surface area (Å²) in [5.74, 6) is -1.08. The average molecular weight is 464 g/mol. The van der Waals surface area contributed by atoms with E-state index in [2.05, 4.69) is 10.0 Å². The molecule has 3 aromatic rings. The van der Waals surface area contributed by atoms with E-state index in [1.54, 1.807) is 0 Å². The van der Waals surface area contributed by atoms with Gasteiger partial charge in [0.15, 0.2) is 0 Å². The maximum Gasteiger partial charge on any atom is 0.269 e. The van der Waals surface area contributed by atoms with Crippen LogP contribution in [0, 0.1) is 15.9 Å². The van der Waals surface area contributed by atoms with E-state index in [-0.39, 0.29) is 33.4 Å². The van der Waals surface area contributed by atoms with Gasteiger partial charge in [0.1, 0.15) is 10.7 Å². The summed E-state index contributed by atoms with van der Waals surface area (Å²) in [4.78, 5) is 22.3. The Labute approximate surface area is 181 Å². The van der Waals surface area contributed by atoms with Gasteiger partial charge in [-0.1, -0.05) is 23.7 Å². The summed E-state index contributed by atoms with van der Waals surface area (Å²) >= 11 is 6.02. The first-order valence-electron chi connectivity index (χ1n) is 8.75. The van der Waals surface area contributed by atoms with Gasteiger partial charge in [-0.05, 0) is 48.0 Å². The highest BCUT2D eigenvalue weighted by molar-refractivity contribution is 7.92. The Hall–Kier alpha value is -3.50. The Bertz CT molecular complexity index is 1230. The molecule has 8 nitrogen and oxygen atoms in total. The van der Waals surface area contributed by atoms with Crippen molar-refractivity contribution in [1.29, 1.82) is 0 Å². The van der Waals surface area contributed by atoms with Crippen LogP contribution in [0.15, 0.2) is 71.6 Å². The molecule has 0 heterocycles. The van der Waals surface area contributed by atoms with Gasteiger partial charge in [0.25, 0.3) is 21.6 Å². The first kappa shape index (κ1) is 22.2. The number of amides is 1. The number of nitrogens with one attached hydrogen (secondary N) is 2. The first-order valence-corrected chi connectivity index (χ1v) is 10.6. The largest absolute Gasteiger partial charge is 0.348 e. The van der Waals surface area contributed by atoms with Crippen LogP contribution in [0.2, 0.25) is 5.02 Å². The number of carbonyl (C=O) groups is 1. The number of halogens is 2. The molecule has 0 bridgehead atoms. The van der Waals surface area contributed by atoms with Crippen molar-refractivity contribution < 1.29 is 22.5 Å². The van der Waals surface area contributed by atoms with E-state index in [0.717, 1.165) is 18.2 Å². The summed E-state index contributed by atoms with van der Waals surface area (Å²) in [5.41, 5.74) is 0.728. The van der Waals surface area contributed by atoms with Crippen LogP contribution < -0.4 is 10.0 Å². The van der Waals surface area contributed by atoms with Crippen molar-refractivity contribution in [2.75, 3.05) is 4.72 Å².